The molecule has 0 saturated carbocycles. The van der Waals surface area contributed by atoms with Crippen LogP contribution in [0.4, 0.5) is 0 Å². The molecule has 0 aromatic rings. The van der Waals surface area contributed by atoms with Crippen molar-refractivity contribution in [1.82, 2.24) is 0 Å². The van der Waals surface area contributed by atoms with Crippen molar-refractivity contribution in [1.29, 1.82) is 0 Å². The lowest BCUT2D eigenvalue weighted by Gasteiger charge is -2.28. The van der Waals surface area contributed by atoms with Crippen molar-refractivity contribution in [3.05, 3.63) is 11.3 Å². The van der Waals surface area contributed by atoms with Gasteiger partial charge in [0, 0.05) is 5.70 Å². The Bertz CT molecular complexity index is 364. The van der Waals surface area contributed by atoms with Crippen LogP contribution in [0.15, 0.2) is 11.3 Å². The summed E-state index contributed by atoms with van der Waals surface area (Å²) in [4.78, 5) is 12.1. The Kier molecular flexibility index (Phi) is 6.97. The molecule has 0 aliphatic rings. The van der Waals surface area contributed by atoms with Gasteiger partial charge in [-0.25, -0.2) is 4.79 Å². The summed E-state index contributed by atoms with van der Waals surface area (Å²) >= 11 is 0. The van der Waals surface area contributed by atoms with Crippen molar-refractivity contribution < 1.29 is 14.0 Å². The van der Waals surface area contributed by atoms with Gasteiger partial charge in [0.05, 0.1) is 11.7 Å². The smallest absolute Gasteiger partial charge is 0.336 e. The summed E-state index contributed by atoms with van der Waals surface area (Å²) in [6.07, 6.45) is 1.58. The molecule has 1 atom stereocenters. The highest BCUT2D eigenvalue weighted by Gasteiger charge is 2.26. The molecule has 0 aromatic carbocycles. The van der Waals surface area contributed by atoms with Gasteiger partial charge in [0.1, 0.15) is 5.60 Å². The van der Waals surface area contributed by atoms with E-state index in [4.69, 9.17) is 14.9 Å². The molecule has 0 heterocycles. The molecule has 0 aliphatic heterocycles. The summed E-state index contributed by atoms with van der Waals surface area (Å²) in [6.45, 7) is 15.7. The number of rotatable bonds is 6. The number of hydrogen-bond donors (Lipinski definition) is 1. The number of carbonyl (C=O) groups is 1. The molecule has 118 valence electrons. The van der Waals surface area contributed by atoms with E-state index in [0.717, 1.165) is 12.8 Å². The summed E-state index contributed by atoms with van der Waals surface area (Å²) in [5, 5.41) is 0. The highest BCUT2D eigenvalue weighted by molar-refractivity contribution is 6.69. The molecule has 20 heavy (non-hydrogen) atoms. The van der Waals surface area contributed by atoms with E-state index < -0.39 is 13.9 Å². The van der Waals surface area contributed by atoms with Gasteiger partial charge >= 0.3 is 5.97 Å². The Morgan fingerprint density at radius 1 is 1.25 bits per heavy atom. The lowest BCUT2D eigenvalue weighted by Crippen LogP contribution is -2.36. The van der Waals surface area contributed by atoms with E-state index in [9.17, 15) is 4.79 Å². The molecule has 0 spiro atoms. The van der Waals surface area contributed by atoms with Crippen LogP contribution in [0.1, 0.15) is 47.5 Å². The van der Waals surface area contributed by atoms with Crippen LogP contribution in [0.25, 0.3) is 0 Å². The van der Waals surface area contributed by atoms with Gasteiger partial charge < -0.3 is 14.9 Å². The highest BCUT2D eigenvalue weighted by atomic mass is 28.4. The van der Waals surface area contributed by atoms with Gasteiger partial charge in [-0.05, 0) is 53.8 Å². The predicted molar refractivity (Wildman–Crippen MR) is 85.9 cm³/mol. The van der Waals surface area contributed by atoms with Crippen molar-refractivity contribution in [3.8, 4) is 0 Å². The minimum atomic E-state index is -1.71. The van der Waals surface area contributed by atoms with Crippen molar-refractivity contribution in [2.24, 2.45) is 5.73 Å². The second-order valence-electron chi connectivity index (χ2n) is 7.09. The van der Waals surface area contributed by atoms with E-state index in [1.54, 1.807) is 6.92 Å². The zero-order valence-corrected chi connectivity index (χ0v) is 15.3. The van der Waals surface area contributed by atoms with E-state index in [0.29, 0.717) is 11.3 Å². The van der Waals surface area contributed by atoms with Crippen LogP contribution in [-0.2, 0) is 14.0 Å². The van der Waals surface area contributed by atoms with Gasteiger partial charge in [0.15, 0.2) is 8.32 Å². The molecule has 0 bridgehead atoms. The molecule has 0 fully saturated rings. The first-order valence-corrected chi connectivity index (χ1v) is 10.7. The Morgan fingerprint density at radius 3 is 2.10 bits per heavy atom. The maximum atomic E-state index is 12.1. The topological polar surface area (TPSA) is 61.5 Å². The van der Waals surface area contributed by atoms with Gasteiger partial charge in [-0.3, -0.25) is 0 Å². The first kappa shape index (κ1) is 19.2. The molecule has 0 rings (SSSR count). The second-order valence-corrected chi connectivity index (χ2v) is 11.6. The predicted octanol–water partition coefficient (Wildman–Crippen LogP) is 3.58. The summed E-state index contributed by atoms with van der Waals surface area (Å²) in [7, 11) is -1.71. The lowest BCUT2D eigenvalue weighted by atomic mass is 10.1. The standard InChI is InChI=1S/C15H31NO3Si/c1-9-10-12(19-20(6,7)8)13(16)11(2)14(17)18-15(3,4)5/h12H,9-10,16H2,1-8H3/b13-11-/t12-/m1/s1. The largest absolute Gasteiger partial charge is 0.457 e. The molecule has 0 unspecified atom stereocenters. The monoisotopic (exact) mass is 301 g/mol. The normalized spacial score (nSPS) is 15.6. The minimum absolute atomic E-state index is 0.195. The van der Waals surface area contributed by atoms with Gasteiger partial charge in [-0.1, -0.05) is 13.3 Å². The fourth-order valence-corrected chi connectivity index (χ4v) is 2.78. The molecular weight excluding hydrogens is 270 g/mol. The first-order valence-electron chi connectivity index (χ1n) is 7.24. The quantitative estimate of drug-likeness (QED) is 0.463. The second kappa shape index (κ2) is 7.27. The molecule has 0 amide bonds. The Hall–Kier alpha value is -0.813. The number of hydrogen-bond acceptors (Lipinski definition) is 4. The van der Waals surface area contributed by atoms with E-state index in [1.807, 2.05) is 20.8 Å². The lowest BCUT2D eigenvalue weighted by molar-refractivity contribution is -0.149. The van der Waals surface area contributed by atoms with Crippen LogP contribution in [-0.4, -0.2) is 26.0 Å². The van der Waals surface area contributed by atoms with Crippen molar-refractivity contribution in [2.45, 2.75) is 78.8 Å². The third kappa shape index (κ3) is 7.70. The zero-order valence-electron chi connectivity index (χ0n) is 14.3. The third-order valence-corrected chi connectivity index (χ3v) is 3.52. The summed E-state index contributed by atoms with van der Waals surface area (Å²) in [5.41, 5.74) is 6.59. The first-order chi connectivity index (χ1) is 8.87. The Balaban J connectivity index is 5.14. The highest BCUT2D eigenvalue weighted by Crippen LogP contribution is 2.20. The molecule has 4 nitrogen and oxygen atoms in total. The van der Waals surface area contributed by atoms with Gasteiger partial charge in [-0.2, -0.15) is 0 Å². The number of carbonyl (C=O) groups excluding carboxylic acids is 1. The fourth-order valence-electron chi connectivity index (χ4n) is 1.68. The maximum absolute atomic E-state index is 12.1. The van der Waals surface area contributed by atoms with Crippen LogP contribution >= 0.6 is 0 Å². The third-order valence-electron chi connectivity index (χ3n) is 2.53. The van der Waals surface area contributed by atoms with E-state index >= 15 is 0 Å². The van der Waals surface area contributed by atoms with E-state index in [-0.39, 0.29) is 12.1 Å². The summed E-state index contributed by atoms with van der Waals surface area (Å²) in [6, 6.07) is 0. The molecular formula is C15H31NO3Si. The molecule has 0 radical (unpaired) electrons. The van der Waals surface area contributed by atoms with Crippen LogP contribution < -0.4 is 5.73 Å². The van der Waals surface area contributed by atoms with E-state index in [2.05, 4.69) is 26.6 Å². The van der Waals surface area contributed by atoms with Crippen LogP contribution in [0, 0.1) is 0 Å². The van der Waals surface area contributed by atoms with Gasteiger partial charge in [-0.15, -0.1) is 0 Å². The van der Waals surface area contributed by atoms with Crippen molar-refractivity contribution in [3.63, 3.8) is 0 Å². The van der Waals surface area contributed by atoms with Gasteiger partial charge in [0.25, 0.3) is 0 Å². The maximum Gasteiger partial charge on any atom is 0.336 e. The Morgan fingerprint density at radius 2 is 1.75 bits per heavy atom. The van der Waals surface area contributed by atoms with Gasteiger partial charge in [0.2, 0.25) is 0 Å². The molecule has 0 saturated heterocycles. The minimum Gasteiger partial charge on any atom is -0.457 e. The summed E-state index contributed by atoms with van der Waals surface area (Å²) < 4.78 is 11.4. The SMILES string of the molecule is CCC[C@@H](O[Si](C)(C)C)/C(N)=C(\C)C(=O)OC(C)(C)C. The fraction of sp³-hybridized carbons (Fsp3) is 0.800. The van der Waals surface area contributed by atoms with E-state index in [1.165, 1.54) is 0 Å². The average molecular weight is 302 g/mol. The Labute approximate surface area is 124 Å². The number of nitrogens with two attached hydrogens (primary N) is 1. The molecule has 5 heteroatoms. The van der Waals surface area contributed by atoms with Crippen molar-refractivity contribution in [2.75, 3.05) is 0 Å². The molecule has 0 aliphatic carbocycles. The zero-order chi connectivity index (χ0) is 16.1. The van der Waals surface area contributed by atoms with Crippen LogP contribution in [0.5, 0.6) is 0 Å². The summed E-state index contributed by atoms with van der Waals surface area (Å²) in [5.74, 6) is -0.365. The van der Waals surface area contributed by atoms with Crippen LogP contribution in [0.2, 0.25) is 19.6 Å². The van der Waals surface area contributed by atoms with Crippen molar-refractivity contribution >= 4 is 14.3 Å². The van der Waals surface area contributed by atoms with Crippen LogP contribution in [0.3, 0.4) is 0 Å². The number of ether oxygens (including phenoxy) is 1. The molecule has 2 N–H and O–H groups in total. The number of esters is 1. The molecule has 0 aromatic heterocycles. The average Bonchev–Trinajstić information content (AvgIpc) is 2.22.